The summed E-state index contributed by atoms with van der Waals surface area (Å²) in [6.07, 6.45) is 0.259. The van der Waals surface area contributed by atoms with Gasteiger partial charge in [-0.05, 0) is 74.6 Å². The maximum Gasteiger partial charge on any atom is 0.410 e. The number of nitrogens with two attached hydrogens (primary N) is 1. The first-order valence-corrected chi connectivity index (χ1v) is 14.3. The van der Waals surface area contributed by atoms with Crippen molar-refractivity contribution < 1.29 is 19.1 Å². The van der Waals surface area contributed by atoms with E-state index in [0.717, 1.165) is 27.9 Å². The molecule has 1 fully saturated rings. The molecular weight excluding hydrogens is 544 g/mol. The summed E-state index contributed by atoms with van der Waals surface area (Å²) in [5, 5.41) is 4.20. The van der Waals surface area contributed by atoms with E-state index in [-0.39, 0.29) is 17.8 Å². The summed E-state index contributed by atoms with van der Waals surface area (Å²) < 4.78 is 7.09. The minimum Gasteiger partial charge on any atom is -0.444 e. The lowest BCUT2D eigenvalue weighted by atomic mass is 9.94. The molecule has 1 aliphatic heterocycles. The Hall–Kier alpha value is -4.99. The van der Waals surface area contributed by atoms with Crippen LogP contribution in [0, 0.1) is 6.92 Å². The van der Waals surface area contributed by atoms with Crippen LogP contribution in [0.3, 0.4) is 0 Å². The fourth-order valence-electron chi connectivity index (χ4n) is 5.07. The van der Waals surface area contributed by atoms with E-state index in [1.54, 1.807) is 16.5 Å². The maximum absolute atomic E-state index is 13.9. The Morgan fingerprint density at radius 2 is 1.49 bits per heavy atom. The number of aromatic nitrogens is 3. The average Bonchev–Trinajstić information content (AvgIpc) is 3.38. The molecule has 0 radical (unpaired) electrons. The van der Waals surface area contributed by atoms with E-state index in [9.17, 15) is 14.4 Å². The zero-order valence-electron chi connectivity index (χ0n) is 24.9. The van der Waals surface area contributed by atoms with Crippen LogP contribution in [0.1, 0.15) is 58.7 Å². The van der Waals surface area contributed by atoms with Gasteiger partial charge < -0.3 is 20.3 Å². The van der Waals surface area contributed by atoms with Gasteiger partial charge in [0.1, 0.15) is 11.4 Å². The first-order valence-electron chi connectivity index (χ1n) is 14.3. The molecule has 222 valence electrons. The molecule has 1 aromatic heterocycles. The lowest BCUT2D eigenvalue weighted by Crippen LogP contribution is -2.51. The highest BCUT2D eigenvalue weighted by Crippen LogP contribution is 2.28. The monoisotopic (exact) mass is 580 g/mol. The molecule has 0 atom stereocenters. The number of piperazine rings is 1. The van der Waals surface area contributed by atoms with Crippen molar-refractivity contribution in [3.05, 3.63) is 101 Å². The van der Waals surface area contributed by atoms with E-state index in [0.29, 0.717) is 44.0 Å². The Morgan fingerprint density at radius 1 is 0.860 bits per heavy atom. The largest absolute Gasteiger partial charge is 0.444 e. The number of hydrogen-bond acceptors (Lipinski definition) is 6. The Morgan fingerprint density at radius 3 is 2.09 bits per heavy atom. The molecule has 3 aromatic carbocycles. The van der Waals surface area contributed by atoms with Gasteiger partial charge in [-0.2, -0.15) is 0 Å². The van der Waals surface area contributed by atoms with Crippen molar-refractivity contribution in [2.24, 2.45) is 5.73 Å². The fraction of sp³-hybridized carbons (Fsp3) is 0.303. The highest BCUT2D eigenvalue weighted by atomic mass is 16.6. The quantitative estimate of drug-likeness (QED) is 0.355. The zero-order chi connectivity index (χ0) is 30.7. The van der Waals surface area contributed by atoms with Gasteiger partial charge in [0.05, 0.1) is 5.69 Å². The summed E-state index contributed by atoms with van der Waals surface area (Å²) >= 11 is 0. The summed E-state index contributed by atoms with van der Waals surface area (Å²) in [7, 11) is 0. The highest BCUT2D eigenvalue weighted by molar-refractivity contribution is 6.01. The summed E-state index contributed by atoms with van der Waals surface area (Å²) in [5.74, 6) is -0.198. The third-order valence-electron chi connectivity index (χ3n) is 7.20. The number of hydrogen-bond donors (Lipinski definition) is 1. The van der Waals surface area contributed by atoms with E-state index in [4.69, 9.17) is 10.5 Å². The minimum atomic E-state index is -0.673. The Bertz CT molecular complexity index is 1630. The van der Waals surface area contributed by atoms with Gasteiger partial charge in [0, 0.05) is 31.7 Å². The summed E-state index contributed by atoms with van der Waals surface area (Å²) in [4.78, 5) is 45.5. The second-order valence-electron chi connectivity index (χ2n) is 11.6. The summed E-state index contributed by atoms with van der Waals surface area (Å²) in [6, 6.07) is 23.7. The minimum absolute atomic E-state index is 0.0245. The molecule has 3 amide bonds. The number of aryl methyl sites for hydroxylation is 1. The van der Waals surface area contributed by atoms with E-state index in [2.05, 4.69) is 10.1 Å². The number of rotatable bonds is 6. The molecule has 1 saturated heterocycles. The first-order chi connectivity index (χ1) is 20.5. The number of nitrogens with zero attached hydrogens (tertiary/aromatic N) is 5. The molecule has 10 nitrogen and oxygen atoms in total. The summed E-state index contributed by atoms with van der Waals surface area (Å²) in [5.41, 5.74) is 10.0. The van der Waals surface area contributed by atoms with Crippen LogP contribution in [0.5, 0.6) is 0 Å². The van der Waals surface area contributed by atoms with Crippen molar-refractivity contribution in [3.8, 4) is 16.8 Å². The number of amides is 3. The molecule has 5 rings (SSSR count). The van der Waals surface area contributed by atoms with Crippen LogP contribution in [0.4, 0.5) is 4.79 Å². The molecule has 1 aliphatic rings. The fourth-order valence-corrected chi connectivity index (χ4v) is 5.07. The van der Waals surface area contributed by atoms with Gasteiger partial charge in [-0.1, -0.05) is 54.6 Å². The van der Waals surface area contributed by atoms with Crippen LogP contribution in [0.2, 0.25) is 0 Å². The molecule has 4 aromatic rings. The Balaban J connectivity index is 1.36. The van der Waals surface area contributed by atoms with E-state index < -0.39 is 11.5 Å². The maximum atomic E-state index is 13.9. The molecule has 0 bridgehead atoms. The first kappa shape index (κ1) is 29.5. The van der Waals surface area contributed by atoms with Crippen molar-refractivity contribution >= 4 is 17.9 Å². The molecule has 10 heteroatoms. The molecule has 2 N–H and O–H groups in total. The number of ether oxygens (including phenoxy) is 1. The van der Waals surface area contributed by atoms with Gasteiger partial charge in [-0.15, -0.1) is 5.10 Å². The van der Waals surface area contributed by atoms with Gasteiger partial charge in [-0.25, -0.2) is 14.5 Å². The molecule has 0 aliphatic carbocycles. The standard InChI is InChI=1S/C33H36N6O4/c1-22-35-30(29(34)40)36-39(22)26-13-10-23(11-14-26)20-24-12-15-27(25-8-6-5-7-9-25)28(21-24)31(41)37-16-18-38(19-17-37)32(42)43-33(2,3)4/h5-15,21H,16-20H2,1-4H3,(H2,34,40). The predicted octanol–water partition coefficient (Wildman–Crippen LogP) is 4.63. The van der Waals surface area contributed by atoms with Crippen LogP contribution in [0.15, 0.2) is 72.8 Å². The van der Waals surface area contributed by atoms with Crippen molar-refractivity contribution in [2.75, 3.05) is 26.2 Å². The van der Waals surface area contributed by atoms with Crippen LogP contribution in [0.25, 0.3) is 16.8 Å². The Kier molecular flexibility index (Phi) is 8.29. The summed E-state index contributed by atoms with van der Waals surface area (Å²) in [6.45, 7) is 8.98. The van der Waals surface area contributed by atoms with Gasteiger partial charge in [0.25, 0.3) is 11.8 Å². The average molecular weight is 581 g/mol. The van der Waals surface area contributed by atoms with Gasteiger partial charge in [-0.3, -0.25) is 9.59 Å². The van der Waals surface area contributed by atoms with Crippen LogP contribution in [-0.4, -0.2) is 74.3 Å². The van der Waals surface area contributed by atoms with Crippen molar-refractivity contribution in [1.29, 1.82) is 0 Å². The molecule has 0 saturated carbocycles. The van der Waals surface area contributed by atoms with Gasteiger partial charge in [0.2, 0.25) is 5.82 Å². The number of carbonyl (C=O) groups is 3. The van der Waals surface area contributed by atoms with Crippen LogP contribution >= 0.6 is 0 Å². The van der Waals surface area contributed by atoms with E-state index in [1.807, 2.05) is 98.5 Å². The SMILES string of the molecule is Cc1nc(C(N)=O)nn1-c1ccc(Cc2ccc(-c3ccccc3)c(C(=O)N3CCN(C(=O)OC(C)(C)C)CC3)c2)cc1. The van der Waals surface area contributed by atoms with Gasteiger partial charge in [0.15, 0.2) is 0 Å². The van der Waals surface area contributed by atoms with Crippen molar-refractivity contribution in [2.45, 2.75) is 39.7 Å². The molecular formula is C33H36N6O4. The highest BCUT2D eigenvalue weighted by Gasteiger charge is 2.29. The molecule has 43 heavy (non-hydrogen) atoms. The lowest BCUT2D eigenvalue weighted by Gasteiger charge is -2.36. The second kappa shape index (κ2) is 12.1. The van der Waals surface area contributed by atoms with Gasteiger partial charge >= 0.3 is 6.09 Å². The normalized spacial score (nSPS) is 13.6. The third-order valence-corrected chi connectivity index (χ3v) is 7.20. The number of carbonyl (C=O) groups excluding carboxylic acids is 3. The lowest BCUT2D eigenvalue weighted by molar-refractivity contribution is 0.0141. The zero-order valence-corrected chi connectivity index (χ0v) is 24.9. The van der Waals surface area contributed by atoms with E-state index >= 15 is 0 Å². The second-order valence-corrected chi connectivity index (χ2v) is 11.6. The number of primary amides is 1. The molecule has 0 spiro atoms. The topological polar surface area (TPSA) is 124 Å². The van der Waals surface area contributed by atoms with Crippen molar-refractivity contribution in [3.63, 3.8) is 0 Å². The van der Waals surface area contributed by atoms with Crippen LogP contribution < -0.4 is 5.73 Å². The van der Waals surface area contributed by atoms with Crippen LogP contribution in [-0.2, 0) is 11.2 Å². The van der Waals surface area contributed by atoms with Crippen molar-refractivity contribution in [1.82, 2.24) is 24.6 Å². The van der Waals surface area contributed by atoms with E-state index in [1.165, 1.54) is 0 Å². The predicted molar refractivity (Wildman–Crippen MR) is 163 cm³/mol. The smallest absolute Gasteiger partial charge is 0.410 e. The third kappa shape index (κ3) is 6.91. The molecule has 2 heterocycles. The number of benzene rings is 3. The Labute approximate surface area is 251 Å². The molecule has 0 unspecified atom stereocenters.